The van der Waals surface area contributed by atoms with Crippen LogP contribution in [0.15, 0.2) is 83.9 Å². The molecule has 8 heteroatoms. The van der Waals surface area contributed by atoms with E-state index in [0.717, 1.165) is 5.56 Å². The molecule has 4 rings (SSSR count). The molecule has 0 radical (unpaired) electrons. The molecule has 0 saturated heterocycles. The van der Waals surface area contributed by atoms with Gasteiger partial charge in [-0.25, -0.2) is 8.42 Å². The van der Waals surface area contributed by atoms with Gasteiger partial charge in [-0.1, -0.05) is 77.8 Å². The highest BCUT2D eigenvalue weighted by Crippen LogP contribution is 2.29. The van der Waals surface area contributed by atoms with Crippen molar-refractivity contribution in [3.63, 3.8) is 0 Å². The number of benzene rings is 3. The van der Waals surface area contributed by atoms with E-state index in [-0.39, 0.29) is 29.6 Å². The summed E-state index contributed by atoms with van der Waals surface area (Å²) in [5, 5.41) is 4.38. The number of carbonyl (C=O) groups is 1. The lowest BCUT2D eigenvalue weighted by atomic mass is 10.2. The Labute approximate surface area is 196 Å². The van der Waals surface area contributed by atoms with Crippen LogP contribution in [0, 0.1) is 0 Å². The maximum Gasteiger partial charge on any atom is 0.240 e. The first kappa shape index (κ1) is 22.4. The molecule has 32 heavy (non-hydrogen) atoms. The van der Waals surface area contributed by atoms with E-state index in [1.165, 1.54) is 6.20 Å². The van der Waals surface area contributed by atoms with E-state index < -0.39 is 9.84 Å². The number of nitrogens with one attached hydrogen (secondary N) is 1. The lowest BCUT2D eigenvalue weighted by Gasteiger charge is -2.08. The Morgan fingerprint density at radius 1 is 0.844 bits per heavy atom. The standard InChI is InChI=1S/C24H20Cl2N2O3S/c25-20-10-4-1-7-17(20)13-27-24(29)15-28-14-23(19-9-3-6-12-22(19)28)32(30,31)16-18-8-2-5-11-21(18)26/h1-12,14H,13,15-16H2,(H,27,29). The molecule has 0 aliphatic rings. The first-order valence-corrected chi connectivity index (χ1v) is 12.3. The van der Waals surface area contributed by atoms with Gasteiger partial charge in [-0.15, -0.1) is 0 Å². The van der Waals surface area contributed by atoms with Crippen molar-refractivity contribution in [2.24, 2.45) is 0 Å². The fraction of sp³-hybridized carbons (Fsp3) is 0.125. The Hall–Kier alpha value is -2.80. The molecule has 164 valence electrons. The zero-order valence-electron chi connectivity index (χ0n) is 17.0. The van der Waals surface area contributed by atoms with Crippen LogP contribution in [0.25, 0.3) is 10.9 Å². The summed E-state index contributed by atoms with van der Waals surface area (Å²) in [5.41, 5.74) is 2.00. The van der Waals surface area contributed by atoms with Crippen LogP contribution in [0.2, 0.25) is 10.0 Å². The summed E-state index contributed by atoms with van der Waals surface area (Å²) in [5.74, 6) is -0.472. The van der Waals surface area contributed by atoms with E-state index in [1.807, 2.05) is 24.3 Å². The quantitative estimate of drug-likeness (QED) is 0.388. The summed E-state index contributed by atoms with van der Waals surface area (Å²) in [7, 11) is -3.69. The Kier molecular flexibility index (Phi) is 6.55. The average molecular weight is 487 g/mol. The number of hydrogen-bond donors (Lipinski definition) is 1. The van der Waals surface area contributed by atoms with Crippen molar-refractivity contribution in [3.05, 3.63) is 100 Å². The molecule has 1 heterocycles. The number of aromatic nitrogens is 1. The molecule has 1 aromatic heterocycles. The van der Waals surface area contributed by atoms with Crippen LogP contribution in [0.4, 0.5) is 0 Å². The number of sulfone groups is 1. The molecule has 0 spiro atoms. The predicted octanol–water partition coefficient (Wildman–Crippen LogP) is 5.24. The number of hydrogen-bond acceptors (Lipinski definition) is 3. The first-order chi connectivity index (χ1) is 15.3. The van der Waals surface area contributed by atoms with Crippen molar-refractivity contribution in [2.75, 3.05) is 0 Å². The Balaban J connectivity index is 1.59. The van der Waals surface area contributed by atoms with E-state index in [4.69, 9.17) is 23.2 Å². The summed E-state index contributed by atoms with van der Waals surface area (Å²) < 4.78 is 28.1. The third-order valence-corrected chi connectivity index (χ3v) is 7.56. The minimum absolute atomic E-state index is 0.0213. The monoisotopic (exact) mass is 486 g/mol. The number of rotatable bonds is 7. The normalized spacial score (nSPS) is 11.6. The lowest BCUT2D eigenvalue weighted by Crippen LogP contribution is -2.27. The summed E-state index contributed by atoms with van der Waals surface area (Å²) in [6.45, 7) is 0.266. The predicted molar refractivity (Wildman–Crippen MR) is 128 cm³/mol. The van der Waals surface area contributed by atoms with Gasteiger partial charge in [0.2, 0.25) is 5.91 Å². The summed E-state index contributed by atoms with van der Waals surface area (Å²) in [6, 6.07) is 21.3. The van der Waals surface area contributed by atoms with Crippen molar-refractivity contribution < 1.29 is 13.2 Å². The number of nitrogens with zero attached hydrogens (tertiary/aromatic N) is 1. The maximum absolute atomic E-state index is 13.2. The molecule has 0 fully saturated rings. The van der Waals surface area contributed by atoms with Gasteiger partial charge in [-0.2, -0.15) is 0 Å². The molecule has 4 aromatic rings. The SMILES string of the molecule is O=C(Cn1cc(S(=O)(=O)Cc2ccccc2Cl)c2ccccc21)NCc1ccccc1Cl. The number of halogens is 2. The zero-order chi connectivity index (χ0) is 22.7. The number of fused-ring (bicyclic) bond motifs is 1. The third kappa shape index (κ3) is 4.83. The zero-order valence-corrected chi connectivity index (χ0v) is 19.3. The number of amides is 1. The lowest BCUT2D eigenvalue weighted by molar-refractivity contribution is -0.121. The average Bonchev–Trinajstić information content (AvgIpc) is 3.14. The molecule has 0 unspecified atom stereocenters. The molecular formula is C24H20Cl2N2O3S. The van der Waals surface area contributed by atoms with E-state index in [9.17, 15) is 13.2 Å². The fourth-order valence-electron chi connectivity index (χ4n) is 3.54. The van der Waals surface area contributed by atoms with Crippen molar-refractivity contribution >= 4 is 49.8 Å². The van der Waals surface area contributed by atoms with E-state index in [0.29, 0.717) is 26.5 Å². The van der Waals surface area contributed by atoms with E-state index >= 15 is 0 Å². The van der Waals surface area contributed by atoms with Gasteiger partial charge in [0, 0.05) is 33.7 Å². The second kappa shape index (κ2) is 9.36. The molecule has 3 aromatic carbocycles. The first-order valence-electron chi connectivity index (χ1n) is 9.89. The minimum Gasteiger partial charge on any atom is -0.350 e. The van der Waals surface area contributed by atoms with Gasteiger partial charge in [0.15, 0.2) is 9.84 Å². The van der Waals surface area contributed by atoms with Crippen molar-refractivity contribution in [1.82, 2.24) is 9.88 Å². The van der Waals surface area contributed by atoms with Gasteiger partial charge in [0.25, 0.3) is 0 Å². The molecule has 5 nitrogen and oxygen atoms in total. The maximum atomic E-state index is 13.2. The van der Waals surface area contributed by atoms with Crippen LogP contribution >= 0.6 is 23.2 Å². The smallest absolute Gasteiger partial charge is 0.240 e. The minimum atomic E-state index is -3.69. The Morgan fingerprint density at radius 3 is 2.12 bits per heavy atom. The van der Waals surface area contributed by atoms with Gasteiger partial charge in [0.1, 0.15) is 6.54 Å². The summed E-state index contributed by atoms with van der Waals surface area (Å²) in [4.78, 5) is 12.8. The number of carbonyl (C=O) groups excluding carboxylic acids is 1. The molecular weight excluding hydrogens is 467 g/mol. The van der Waals surface area contributed by atoms with Crippen LogP contribution in [0.1, 0.15) is 11.1 Å². The molecule has 0 saturated carbocycles. The second-order valence-corrected chi connectivity index (χ2v) is 10.1. The van der Waals surface area contributed by atoms with Gasteiger partial charge in [0.05, 0.1) is 10.6 Å². The second-order valence-electron chi connectivity index (χ2n) is 7.36. The van der Waals surface area contributed by atoms with Gasteiger partial charge in [-0.3, -0.25) is 4.79 Å². The molecule has 1 N–H and O–H groups in total. The summed E-state index contributed by atoms with van der Waals surface area (Å²) in [6.07, 6.45) is 1.52. The highest BCUT2D eigenvalue weighted by molar-refractivity contribution is 7.90. The van der Waals surface area contributed by atoms with E-state index in [1.54, 1.807) is 53.1 Å². The highest BCUT2D eigenvalue weighted by atomic mass is 35.5. The van der Waals surface area contributed by atoms with Gasteiger partial charge >= 0.3 is 0 Å². The van der Waals surface area contributed by atoms with Crippen LogP contribution in [0.5, 0.6) is 0 Å². The molecule has 0 aliphatic carbocycles. The van der Waals surface area contributed by atoms with E-state index in [2.05, 4.69) is 5.32 Å². The van der Waals surface area contributed by atoms with Crippen LogP contribution in [0.3, 0.4) is 0 Å². The van der Waals surface area contributed by atoms with Crippen LogP contribution < -0.4 is 5.32 Å². The number of para-hydroxylation sites is 1. The highest BCUT2D eigenvalue weighted by Gasteiger charge is 2.23. The fourth-order valence-corrected chi connectivity index (χ4v) is 5.63. The largest absolute Gasteiger partial charge is 0.350 e. The molecule has 1 amide bonds. The van der Waals surface area contributed by atoms with Crippen molar-refractivity contribution in [3.8, 4) is 0 Å². The molecule has 0 bridgehead atoms. The van der Waals surface area contributed by atoms with Crippen LogP contribution in [-0.4, -0.2) is 18.9 Å². The Morgan fingerprint density at radius 2 is 1.44 bits per heavy atom. The molecule has 0 atom stereocenters. The van der Waals surface area contributed by atoms with Gasteiger partial charge < -0.3 is 9.88 Å². The topological polar surface area (TPSA) is 68.2 Å². The molecule has 0 aliphatic heterocycles. The summed E-state index contributed by atoms with van der Waals surface area (Å²) >= 11 is 12.3. The Bertz CT molecular complexity index is 1400. The third-order valence-electron chi connectivity index (χ3n) is 5.14. The van der Waals surface area contributed by atoms with Crippen LogP contribution in [-0.2, 0) is 33.5 Å². The van der Waals surface area contributed by atoms with Gasteiger partial charge in [-0.05, 0) is 29.3 Å². The van der Waals surface area contributed by atoms with Crippen molar-refractivity contribution in [2.45, 2.75) is 23.7 Å². The van der Waals surface area contributed by atoms with Crippen molar-refractivity contribution in [1.29, 1.82) is 0 Å².